The molecule has 3 heterocycles. The Kier molecular flexibility index (Phi) is 10.2. The number of carbonyl (C=O) groups is 3. The molecule has 2 saturated heterocycles. The van der Waals surface area contributed by atoms with Gasteiger partial charge in [0.2, 0.25) is 0 Å². The van der Waals surface area contributed by atoms with E-state index in [1.165, 1.54) is 0 Å². The summed E-state index contributed by atoms with van der Waals surface area (Å²) in [7, 11) is 1.67. The number of piperidine rings is 1. The Hall–Kier alpha value is -3.61. The monoisotopic (exact) mass is 559 g/mol. The van der Waals surface area contributed by atoms with E-state index in [4.69, 9.17) is 25.2 Å². The van der Waals surface area contributed by atoms with Gasteiger partial charge in [-0.05, 0) is 38.2 Å². The summed E-state index contributed by atoms with van der Waals surface area (Å²) in [5, 5.41) is 45.3. The highest BCUT2D eigenvalue weighted by Crippen LogP contribution is 2.48. The molecule has 0 radical (unpaired) electrons. The molecule has 40 heavy (non-hydrogen) atoms. The van der Waals surface area contributed by atoms with E-state index in [2.05, 4.69) is 21.8 Å². The van der Waals surface area contributed by atoms with Gasteiger partial charge in [0, 0.05) is 48.6 Å². The van der Waals surface area contributed by atoms with Crippen molar-refractivity contribution in [2.24, 2.45) is 0 Å². The van der Waals surface area contributed by atoms with Gasteiger partial charge in [0.1, 0.15) is 11.6 Å². The predicted molar refractivity (Wildman–Crippen MR) is 142 cm³/mol. The second-order valence-corrected chi connectivity index (χ2v) is 10.4. The average Bonchev–Trinajstić information content (AvgIpc) is 3.13. The third-order valence-electron chi connectivity index (χ3n) is 7.41. The van der Waals surface area contributed by atoms with Crippen molar-refractivity contribution in [3.8, 4) is 5.75 Å². The number of ether oxygens (including phenoxy) is 1. The van der Waals surface area contributed by atoms with E-state index < -0.39 is 42.0 Å². The first-order valence-electron chi connectivity index (χ1n) is 13.2. The largest absolute Gasteiger partial charge is 0.496 e. The zero-order chi connectivity index (χ0) is 29.5. The molecule has 2 bridgehead atoms. The summed E-state index contributed by atoms with van der Waals surface area (Å²) in [4.78, 5) is 42.0. The molecule has 2 atom stereocenters. The molecule has 5 N–H and O–H groups in total. The molecule has 0 amide bonds. The number of hydrogen-bond donors (Lipinski definition) is 5. The SMILES string of the molecule is CCCc1ncc(CN2C3CCC2CC(O)(c2ccccc2OC)C3)cn1.O=C(O)CC(O)(CC(=O)O)C(=O)O. The number of aromatic nitrogens is 2. The third kappa shape index (κ3) is 7.52. The number of hydrogen-bond acceptors (Lipinski definition) is 9. The Morgan fingerprint density at radius 2 is 1.57 bits per heavy atom. The standard InChI is InChI=1S/C22H29N3O2.C6H8O7/c1-3-6-21-23-13-16(14-24-21)15-25-17-9-10-18(25)12-22(26,11-17)19-7-4-5-8-20(19)27-2;7-3(8)1-6(13,5(11)12)2-4(9)10/h4-5,7-8,13-14,17-18,26H,3,6,9-12,15H2,1-2H3;13H,1-2H2,(H,7,8)(H,9,10)(H,11,12). The maximum atomic E-state index is 11.5. The van der Waals surface area contributed by atoms with Gasteiger partial charge in [0.25, 0.3) is 0 Å². The quantitative estimate of drug-likeness (QED) is 0.270. The second-order valence-electron chi connectivity index (χ2n) is 10.4. The number of aryl methyl sites for hydroxylation is 1. The Balaban J connectivity index is 0.000000289. The number of nitrogens with zero attached hydrogens (tertiary/aromatic N) is 3. The summed E-state index contributed by atoms with van der Waals surface area (Å²) in [5.41, 5.74) is -1.46. The minimum absolute atomic E-state index is 0.383. The number of benzene rings is 1. The number of para-hydroxylation sites is 1. The Morgan fingerprint density at radius 3 is 2.05 bits per heavy atom. The Labute approximate surface area is 232 Å². The number of aliphatic hydroxyl groups is 2. The van der Waals surface area contributed by atoms with E-state index in [-0.39, 0.29) is 0 Å². The van der Waals surface area contributed by atoms with Crippen LogP contribution in [-0.2, 0) is 33.0 Å². The summed E-state index contributed by atoms with van der Waals surface area (Å²) < 4.78 is 5.52. The smallest absolute Gasteiger partial charge is 0.336 e. The molecule has 0 aliphatic carbocycles. The highest BCUT2D eigenvalue weighted by Gasteiger charge is 2.49. The van der Waals surface area contributed by atoms with Gasteiger partial charge in [-0.15, -0.1) is 0 Å². The van der Waals surface area contributed by atoms with Crippen molar-refractivity contribution in [2.45, 2.75) is 88.1 Å². The normalized spacial score (nSPS) is 22.2. The van der Waals surface area contributed by atoms with E-state index in [0.29, 0.717) is 12.1 Å². The minimum atomic E-state index is -2.74. The molecule has 2 aliphatic heterocycles. The molecule has 12 heteroatoms. The van der Waals surface area contributed by atoms with Gasteiger partial charge >= 0.3 is 17.9 Å². The van der Waals surface area contributed by atoms with Crippen molar-refractivity contribution in [3.05, 3.63) is 53.6 Å². The molecule has 1 aromatic carbocycles. The summed E-state index contributed by atoms with van der Waals surface area (Å²) >= 11 is 0. The van der Waals surface area contributed by atoms with Gasteiger partial charge in [0.05, 0.1) is 25.6 Å². The summed E-state index contributed by atoms with van der Waals surface area (Å²) in [5.74, 6) is -3.31. The first-order valence-corrected chi connectivity index (χ1v) is 13.2. The second kappa shape index (κ2) is 13.2. The van der Waals surface area contributed by atoms with E-state index in [1.807, 2.05) is 36.7 Å². The van der Waals surface area contributed by atoms with Crippen LogP contribution in [0.5, 0.6) is 5.75 Å². The van der Waals surface area contributed by atoms with Gasteiger partial charge in [-0.3, -0.25) is 14.5 Å². The fourth-order valence-corrected chi connectivity index (χ4v) is 5.56. The third-order valence-corrected chi connectivity index (χ3v) is 7.41. The van der Waals surface area contributed by atoms with Gasteiger partial charge in [0.15, 0.2) is 5.60 Å². The zero-order valence-electron chi connectivity index (χ0n) is 22.7. The topological polar surface area (TPSA) is 191 Å². The van der Waals surface area contributed by atoms with Crippen molar-refractivity contribution in [1.29, 1.82) is 0 Å². The van der Waals surface area contributed by atoms with Crippen LogP contribution in [0, 0.1) is 0 Å². The van der Waals surface area contributed by atoms with E-state index in [0.717, 1.165) is 67.8 Å². The molecule has 2 fully saturated rings. The first-order chi connectivity index (χ1) is 18.9. The van der Waals surface area contributed by atoms with Crippen LogP contribution in [0.25, 0.3) is 0 Å². The van der Waals surface area contributed by atoms with E-state index >= 15 is 0 Å². The summed E-state index contributed by atoms with van der Waals surface area (Å²) in [6.45, 7) is 3.01. The maximum absolute atomic E-state index is 11.5. The Morgan fingerprint density at radius 1 is 1.02 bits per heavy atom. The first kappa shape index (κ1) is 30.9. The lowest BCUT2D eigenvalue weighted by molar-refractivity contribution is -0.170. The summed E-state index contributed by atoms with van der Waals surface area (Å²) in [6.07, 6.45) is 7.42. The average molecular weight is 560 g/mol. The van der Waals surface area contributed by atoms with Gasteiger partial charge in [-0.2, -0.15) is 0 Å². The maximum Gasteiger partial charge on any atom is 0.336 e. The molecule has 12 nitrogen and oxygen atoms in total. The van der Waals surface area contributed by atoms with Crippen LogP contribution in [0.2, 0.25) is 0 Å². The molecule has 2 aliphatic rings. The summed E-state index contributed by atoms with van der Waals surface area (Å²) in [6, 6.07) is 8.66. The molecular weight excluding hydrogens is 522 g/mol. The lowest BCUT2D eigenvalue weighted by atomic mass is 9.80. The fraction of sp³-hybridized carbons (Fsp3) is 0.536. The van der Waals surface area contributed by atoms with Crippen molar-refractivity contribution < 1.29 is 44.7 Å². The van der Waals surface area contributed by atoms with Crippen LogP contribution in [-0.4, -0.2) is 83.1 Å². The fourth-order valence-electron chi connectivity index (χ4n) is 5.56. The number of rotatable bonds is 11. The molecule has 0 saturated carbocycles. The van der Waals surface area contributed by atoms with E-state index in [9.17, 15) is 19.5 Å². The lowest BCUT2D eigenvalue weighted by Crippen LogP contribution is -2.49. The Bertz CT molecular complexity index is 1160. The number of aliphatic carboxylic acids is 3. The van der Waals surface area contributed by atoms with Crippen LogP contribution in [0.1, 0.15) is 68.8 Å². The molecular formula is C28H37N3O9. The lowest BCUT2D eigenvalue weighted by Gasteiger charge is -2.44. The van der Waals surface area contributed by atoms with Gasteiger partial charge in [-0.1, -0.05) is 25.1 Å². The van der Waals surface area contributed by atoms with Crippen molar-refractivity contribution in [1.82, 2.24) is 14.9 Å². The van der Waals surface area contributed by atoms with Crippen LogP contribution in [0.4, 0.5) is 0 Å². The molecule has 218 valence electrons. The van der Waals surface area contributed by atoms with Crippen molar-refractivity contribution in [2.75, 3.05) is 7.11 Å². The highest BCUT2D eigenvalue weighted by molar-refractivity contribution is 5.88. The predicted octanol–water partition coefficient (Wildman–Crippen LogP) is 2.20. The molecule has 4 rings (SSSR count). The van der Waals surface area contributed by atoms with Crippen molar-refractivity contribution >= 4 is 17.9 Å². The van der Waals surface area contributed by atoms with Crippen LogP contribution in [0.3, 0.4) is 0 Å². The number of methoxy groups -OCH3 is 1. The van der Waals surface area contributed by atoms with E-state index in [1.54, 1.807) is 7.11 Å². The van der Waals surface area contributed by atoms with Crippen molar-refractivity contribution in [3.63, 3.8) is 0 Å². The number of carboxylic acids is 3. The molecule has 2 unspecified atom stereocenters. The highest BCUT2D eigenvalue weighted by atomic mass is 16.5. The molecule has 2 aromatic rings. The van der Waals surface area contributed by atoms with Crippen LogP contribution < -0.4 is 4.74 Å². The number of fused-ring (bicyclic) bond motifs is 2. The van der Waals surface area contributed by atoms with Gasteiger partial charge < -0.3 is 30.3 Å². The number of carboxylic acid groups (broad SMARTS) is 3. The zero-order valence-corrected chi connectivity index (χ0v) is 22.7. The molecule has 1 aromatic heterocycles. The van der Waals surface area contributed by atoms with Gasteiger partial charge in [-0.25, -0.2) is 14.8 Å². The molecule has 0 spiro atoms. The van der Waals surface area contributed by atoms with Crippen LogP contribution >= 0.6 is 0 Å². The van der Waals surface area contributed by atoms with Crippen LogP contribution in [0.15, 0.2) is 36.7 Å². The minimum Gasteiger partial charge on any atom is -0.496 e.